The van der Waals surface area contributed by atoms with Gasteiger partial charge in [0, 0.05) is 11.8 Å². The normalized spacial score (nSPS) is 30.2. The highest BCUT2D eigenvalue weighted by atomic mass is 19.1. The third-order valence-electron chi connectivity index (χ3n) is 5.32. The van der Waals surface area contributed by atoms with E-state index in [-0.39, 0.29) is 17.2 Å². The van der Waals surface area contributed by atoms with Gasteiger partial charge in [0.05, 0.1) is 44.1 Å². The molecule has 0 bridgehead atoms. The first kappa shape index (κ1) is 16.8. The van der Waals surface area contributed by atoms with Crippen LogP contribution >= 0.6 is 0 Å². The zero-order chi connectivity index (χ0) is 18.2. The van der Waals surface area contributed by atoms with E-state index in [9.17, 15) is 20.2 Å². The number of rotatable bonds is 1. The molecule has 1 aromatic carbocycles. The molecule has 25 heavy (non-hydrogen) atoms. The summed E-state index contributed by atoms with van der Waals surface area (Å²) in [5.41, 5.74) is -1.08. The highest BCUT2D eigenvalue weighted by Crippen LogP contribution is 2.52. The van der Waals surface area contributed by atoms with Crippen LogP contribution in [0.3, 0.4) is 0 Å². The molecule has 2 N–H and O–H groups in total. The SMILES string of the molecule is C[NH+]1CC=C2C(C#N)C(=N)C(C#N)(C#N)[C@H](c3ccccc3F)[C@H]2C1. The van der Waals surface area contributed by atoms with Gasteiger partial charge in [-0.15, -0.1) is 0 Å². The van der Waals surface area contributed by atoms with Gasteiger partial charge in [-0.05, 0) is 23.3 Å². The van der Waals surface area contributed by atoms with Crippen LogP contribution in [0.25, 0.3) is 0 Å². The van der Waals surface area contributed by atoms with Crippen molar-refractivity contribution in [2.75, 3.05) is 20.1 Å². The van der Waals surface area contributed by atoms with E-state index in [2.05, 4.69) is 6.07 Å². The quantitative estimate of drug-likeness (QED) is 0.754. The van der Waals surface area contributed by atoms with Gasteiger partial charge in [-0.1, -0.05) is 18.2 Å². The van der Waals surface area contributed by atoms with Crippen molar-refractivity contribution in [1.82, 2.24) is 0 Å². The van der Waals surface area contributed by atoms with Gasteiger partial charge in [0.25, 0.3) is 0 Å². The third-order valence-corrected chi connectivity index (χ3v) is 5.32. The summed E-state index contributed by atoms with van der Waals surface area (Å²) in [5, 5.41) is 37.7. The van der Waals surface area contributed by atoms with Gasteiger partial charge in [-0.2, -0.15) is 15.8 Å². The fraction of sp³-hybridized carbons (Fsp3) is 0.368. The van der Waals surface area contributed by atoms with Crippen LogP contribution in [0.15, 0.2) is 35.9 Å². The lowest BCUT2D eigenvalue weighted by Gasteiger charge is -2.45. The molecule has 1 aliphatic heterocycles. The summed E-state index contributed by atoms with van der Waals surface area (Å²) in [4.78, 5) is 1.16. The predicted molar refractivity (Wildman–Crippen MR) is 87.8 cm³/mol. The Morgan fingerprint density at radius 2 is 1.92 bits per heavy atom. The Kier molecular flexibility index (Phi) is 4.13. The minimum atomic E-state index is -1.85. The number of nitrogens with one attached hydrogen (secondary N) is 2. The summed E-state index contributed by atoms with van der Waals surface area (Å²) < 4.78 is 14.6. The molecule has 1 saturated carbocycles. The first-order chi connectivity index (χ1) is 12.0. The highest BCUT2D eigenvalue weighted by Gasteiger charge is 2.58. The number of benzene rings is 1. The summed E-state index contributed by atoms with van der Waals surface area (Å²) in [6, 6.07) is 12.1. The van der Waals surface area contributed by atoms with Crippen LogP contribution in [-0.4, -0.2) is 25.8 Å². The number of quaternary nitrogens is 1. The van der Waals surface area contributed by atoms with Crippen molar-refractivity contribution in [3.8, 4) is 18.2 Å². The molecule has 1 fully saturated rings. The molecule has 2 unspecified atom stereocenters. The van der Waals surface area contributed by atoms with E-state index < -0.39 is 23.1 Å². The van der Waals surface area contributed by atoms with Crippen molar-refractivity contribution in [1.29, 1.82) is 21.2 Å². The Morgan fingerprint density at radius 3 is 2.52 bits per heavy atom. The van der Waals surface area contributed by atoms with Crippen molar-refractivity contribution in [3.05, 3.63) is 47.3 Å². The molecule has 5 nitrogen and oxygen atoms in total. The molecule has 6 heteroatoms. The first-order valence-corrected chi connectivity index (χ1v) is 8.06. The largest absolute Gasteiger partial charge is 0.334 e. The second kappa shape index (κ2) is 6.13. The van der Waals surface area contributed by atoms with Crippen LogP contribution in [0.2, 0.25) is 0 Å². The molecule has 3 rings (SSSR count). The van der Waals surface area contributed by atoms with E-state index in [0.29, 0.717) is 13.1 Å². The molecule has 0 saturated heterocycles. The van der Waals surface area contributed by atoms with E-state index in [4.69, 9.17) is 5.41 Å². The molecular weight excluding hydrogens is 317 g/mol. The van der Waals surface area contributed by atoms with Crippen LogP contribution in [0, 0.1) is 62.5 Å². The average molecular weight is 334 g/mol. The van der Waals surface area contributed by atoms with Crippen molar-refractivity contribution in [2.45, 2.75) is 5.92 Å². The minimum Gasteiger partial charge on any atom is -0.334 e. The Bertz CT molecular complexity index is 868. The van der Waals surface area contributed by atoms with Gasteiger partial charge >= 0.3 is 0 Å². The maximum absolute atomic E-state index is 14.6. The molecule has 0 amide bonds. The maximum atomic E-state index is 14.6. The van der Waals surface area contributed by atoms with Crippen molar-refractivity contribution in [3.63, 3.8) is 0 Å². The molecule has 1 aromatic rings. The van der Waals surface area contributed by atoms with Gasteiger partial charge in [0.15, 0.2) is 5.41 Å². The Balaban J connectivity index is 2.30. The van der Waals surface area contributed by atoms with Crippen LogP contribution in [-0.2, 0) is 0 Å². The first-order valence-electron chi connectivity index (χ1n) is 8.06. The summed E-state index contributed by atoms with van der Waals surface area (Å²) in [6.07, 6.45) is 1.92. The monoisotopic (exact) mass is 334 g/mol. The van der Waals surface area contributed by atoms with Gasteiger partial charge in [-0.25, -0.2) is 4.39 Å². The molecule has 1 aliphatic carbocycles. The molecule has 0 aromatic heterocycles. The van der Waals surface area contributed by atoms with E-state index in [1.807, 2.05) is 25.3 Å². The molecular formula is C19H17FN5+. The van der Waals surface area contributed by atoms with E-state index in [0.717, 1.165) is 10.5 Å². The second-order valence-electron chi connectivity index (χ2n) is 6.68. The zero-order valence-corrected chi connectivity index (χ0v) is 13.8. The predicted octanol–water partition coefficient (Wildman–Crippen LogP) is 1.19. The van der Waals surface area contributed by atoms with Crippen molar-refractivity contribution in [2.24, 2.45) is 17.3 Å². The molecule has 124 valence electrons. The number of halogens is 1. The van der Waals surface area contributed by atoms with Crippen LogP contribution < -0.4 is 4.90 Å². The molecule has 0 radical (unpaired) electrons. The van der Waals surface area contributed by atoms with Crippen LogP contribution in [0.1, 0.15) is 11.5 Å². The highest BCUT2D eigenvalue weighted by molar-refractivity contribution is 6.00. The van der Waals surface area contributed by atoms with E-state index >= 15 is 0 Å². The summed E-state index contributed by atoms with van der Waals surface area (Å²) in [6.45, 7) is 1.29. The molecule has 1 heterocycles. The molecule has 4 atom stereocenters. The van der Waals surface area contributed by atoms with Crippen LogP contribution in [0.4, 0.5) is 4.39 Å². The standard InChI is InChI=1S/C19H16FN5/c1-25-7-6-12-14(8-21)18(24)19(10-22,11-23)17(15(12)9-25)13-4-2-3-5-16(13)20/h2-6,14-15,17,24H,7,9H2,1H3/p+1/t14?,15-,17+/m0/s1. The molecule has 2 aliphatic rings. The third kappa shape index (κ3) is 2.33. The zero-order valence-electron chi connectivity index (χ0n) is 13.8. The number of hydrogen-bond acceptors (Lipinski definition) is 4. The van der Waals surface area contributed by atoms with E-state index in [1.54, 1.807) is 18.2 Å². The maximum Gasteiger partial charge on any atom is 0.190 e. The number of likely N-dealkylation sites (N-methyl/N-ethyl adjacent to an activating group) is 1. The topological polar surface area (TPSA) is 99.7 Å². The average Bonchev–Trinajstić information content (AvgIpc) is 2.62. The second-order valence-corrected chi connectivity index (χ2v) is 6.68. The lowest BCUT2D eigenvalue weighted by atomic mass is 9.54. The summed E-state index contributed by atoms with van der Waals surface area (Å²) in [5.74, 6) is -2.53. The van der Waals surface area contributed by atoms with Gasteiger partial charge in [-0.3, -0.25) is 0 Å². The Labute approximate surface area is 145 Å². The smallest absolute Gasteiger partial charge is 0.190 e. The van der Waals surface area contributed by atoms with E-state index in [1.165, 1.54) is 6.07 Å². The fourth-order valence-corrected chi connectivity index (χ4v) is 4.13. The number of hydrogen-bond donors (Lipinski definition) is 2. The summed E-state index contributed by atoms with van der Waals surface area (Å²) >= 11 is 0. The van der Waals surface area contributed by atoms with Gasteiger partial charge < -0.3 is 10.3 Å². The van der Waals surface area contributed by atoms with Crippen molar-refractivity contribution < 1.29 is 9.29 Å². The number of nitrogens with zero attached hydrogens (tertiary/aromatic N) is 3. The Hall–Kier alpha value is -3.01. The number of fused-ring (bicyclic) bond motifs is 1. The minimum absolute atomic E-state index is 0.240. The van der Waals surface area contributed by atoms with Crippen molar-refractivity contribution >= 4 is 5.71 Å². The van der Waals surface area contributed by atoms with Gasteiger partial charge in [0.1, 0.15) is 11.7 Å². The van der Waals surface area contributed by atoms with Crippen LogP contribution in [0.5, 0.6) is 0 Å². The Morgan fingerprint density at radius 1 is 1.24 bits per heavy atom. The number of nitriles is 3. The van der Waals surface area contributed by atoms with Gasteiger partial charge in [0.2, 0.25) is 0 Å². The fourth-order valence-electron chi connectivity index (χ4n) is 4.13. The lowest BCUT2D eigenvalue weighted by molar-refractivity contribution is -0.878. The summed E-state index contributed by atoms with van der Waals surface area (Å²) in [7, 11) is 1.98. The lowest BCUT2D eigenvalue weighted by Crippen LogP contribution is -3.10. The molecule has 0 spiro atoms.